The second kappa shape index (κ2) is 14.6. The maximum absolute atomic E-state index is 13.1. The van der Waals surface area contributed by atoms with Crippen LogP contribution >= 0.6 is 23.2 Å². The molecule has 0 atom stereocenters. The maximum atomic E-state index is 13.1. The Bertz CT molecular complexity index is 2020. The molecule has 0 fully saturated rings. The number of likely N-dealkylation sites (N-methyl/N-ethyl adjacent to an activating group) is 1. The van der Waals surface area contributed by atoms with Crippen LogP contribution in [0.3, 0.4) is 0 Å². The minimum atomic E-state index is -4.76. The Morgan fingerprint density at radius 3 is 2.63 bits per heavy atom. The number of halogens is 5. The number of pyridine rings is 1. The van der Waals surface area contributed by atoms with Gasteiger partial charge in [0, 0.05) is 22.2 Å². The number of ether oxygens (including phenoxy) is 1. The van der Waals surface area contributed by atoms with Gasteiger partial charge in [0.1, 0.15) is 36.9 Å². The number of hydrogen-bond donors (Lipinski definition) is 2. The molecule has 4 aromatic rings. The molecule has 0 bridgehead atoms. The van der Waals surface area contributed by atoms with Crippen LogP contribution in [0.1, 0.15) is 12.0 Å². The molecule has 12 nitrogen and oxygen atoms in total. The predicted molar refractivity (Wildman–Crippen MR) is 180 cm³/mol. The van der Waals surface area contributed by atoms with Gasteiger partial charge in [0.15, 0.2) is 0 Å². The van der Waals surface area contributed by atoms with Crippen molar-refractivity contribution in [3.8, 4) is 5.75 Å². The summed E-state index contributed by atoms with van der Waals surface area (Å²) in [6.45, 7) is 0.391. The highest BCUT2D eigenvalue weighted by atomic mass is 35.5. The van der Waals surface area contributed by atoms with Gasteiger partial charge in [-0.3, -0.25) is 4.79 Å². The molecule has 3 heterocycles. The molecule has 0 saturated heterocycles. The van der Waals surface area contributed by atoms with Crippen LogP contribution in [-0.2, 0) is 11.4 Å². The Hall–Kier alpha value is -5.12. The van der Waals surface area contributed by atoms with Gasteiger partial charge in [0.2, 0.25) is 11.6 Å². The number of benzene rings is 2. The normalized spacial score (nSPS) is 13.6. The van der Waals surface area contributed by atoms with Crippen LogP contribution in [-0.4, -0.2) is 69.3 Å². The van der Waals surface area contributed by atoms with Crippen molar-refractivity contribution in [3.63, 3.8) is 0 Å². The van der Waals surface area contributed by atoms with E-state index in [1.54, 1.807) is 50.5 Å². The molecule has 17 heteroatoms. The van der Waals surface area contributed by atoms with E-state index in [-0.39, 0.29) is 35.6 Å². The Morgan fingerprint density at radius 1 is 1.12 bits per heavy atom. The van der Waals surface area contributed by atoms with Gasteiger partial charge in [0.05, 0.1) is 49.4 Å². The van der Waals surface area contributed by atoms with E-state index >= 15 is 0 Å². The number of aliphatic imine (C=N–C) groups is 1. The number of quaternary nitrogens is 1. The fraction of sp³-hybridized carbons (Fsp3) is 0.219. The first kappa shape index (κ1) is 35.2. The summed E-state index contributed by atoms with van der Waals surface area (Å²) in [5.41, 5.74) is 0.775. The van der Waals surface area contributed by atoms with Crippen LogP contribution < -0.4 is 15.4 Å². The van der Waals surface area contributed by atoms with Crippen molar-refractivity contribution in [3.05, 3.63) is 110 Å². The molecule has 1 amide bonds. The summed E-state index contributed by atoms with van der Waals surface area (Å²) in [6.07, 6.45) is 0.193. The largest absolute Gasteiger partial charge is 0.487 e. The van der Waals surface area contributed by atoms with Gasteiger partial charge < -0.3 is 30.0 Å². The molecule has 0 saturated carbocycles. The number of nitrogens with one attached hydrogen (secondary N) is 2. The van der Waals surface area contributed by atoms with Crippen LogP contribution in [0.15, 0.2) is 89.6 Å². The number of nitro groups is 1. The minimum absolute atomic E-state index is 0.0347. The maximum Gasteiger partial charge on any atom is 0.454 e. The predicted octanol–water partition coefficient (Wildman–Crippen LogP) is 7.12. The van der Waals surface area contributed by atoms with E-state index in [2.05, 4.69) is 30.6 Å². The van der Waals surface area contributed by atoms with Crippen molar-refractivity contribution in [2.24, 2.45) is 4.99 Å². The molecule has 2 N–H and O–H groups in total. The molecule has 254 valence electrons. The Labute approximate surface area is 287 Å². The number of carbonyl (C=O) groups excluding carboxylic acids is 1. The molecule has 0 aliphatic carbocycles. The zero-order valence-corrected chi connectivity index (χ0v) is 27.5. The first-order chi connectivity index (χ1) is 23.2. The molecule has 2 aromatic heterocycles. The Morgan fingerprint density at radius 2 is 1.92 bits per heavy atom. The fourth-order valence-electron chi connectivity index (χ4n) is 4.93. The van der Waals surface area contributed by atoms with E-state index in [0.29, 0.717) is 38.2 Å². The topological polar surface area (TPSA) is 145 Å². The van der Waals surface area contributed by atoms with Gasteiger partial charge in [-0.2, -0.15) is 13.2 Å². The lowest BCUT2D eigenvalue weighted by molar-refractivity contribution is -0.880. The number of carbonyl (C=O) groups is 1. The van der Waals surface area contributed by atoms with E-state index in [0.717, 1.165) is 5.56 Å². The number of anilines is 3. The number of alkyl halides is 3. The highest BCUT2D eigenvalue weighted by Gasteiger charge is 2.47. The molecular formula is C32H28Cl2F3N8O4+. The average molecular weight is 717 g/mol. The molecule has 2 aromatic carbocycles. The number of aromatic nitrogens is 3. The molecule has 1 aliphatic rings. The van der Waals surface area contributed by atoms with E-state index in [4.69, 9.17) is 27.9 Å². The van der Waals surface area contributed by atoms with Crippen LogP contribution in [0.5, 0.6) is 5.75 Å². The van der Waals surface area contributed by atoms with Crippen molar-refractivity contribution < 1.29 is 32.1 Å². The molecule has 49 heavy (non-hydrogen) atoms. The number of nitrogens with zero attached hydrogens (tertiary/aromatic N) is 6. The Balaban J connectivity index is 1.21. The standard InChI is InChI=1S/C32H27Cl2F3N8O4/c1-45(2,16-20-12-27(32(35,36)37)42-31(20)44(47)48)10-4-7-29(46)43-28-14-23-25(15-38-28)39-18-40-30(23)41-22-8-9-26(24(34)13-22)49-17-19-5-3-6-21(33)11-19/h3-9,11,13-15,18H,10,12,16-17H2,1-2H3,(H-,38,39,40,41,43,46)/p+1/b7-4+. The summed E-state index contributed by atoms with van der Waals surface area (Å²) in [4.78, 5) is 39.1. The molecular weight excluding hydrogens is 688 g/mol. The third-order valence-electron chi connectivity index (χ3n) is 7.18. The fourth-order valence-corrected chi connectivity index (χ4v) is 5.38. The number of amides is 1. The van der Waals surface area contributed by atoms with Crippen LogP contribution in [0.4, 0.5) is 30.5 Å². The lowest BCUT2D eigenvalue weighted by atomic mass is 10.1. The third-order valence-corrected chi connectivity index (χ3v) is 7.71. The van der Waals surface area contributed by atoms with E-state index in [1.807, 2.05) is 12.1 Å². The average Bonchev–Trinajstić information content (AvgIpc) is 3.45. The van der Waals surface area contributed by atoms with Crippen molar-refractivity contribution in [2.45, 2.75) is 19.2 Å². The van der Waals surface area contributed by atoms with Gasteiger partial charge in [-0.05, 0) is 58.0 Å². The number of hydrogen-bond acceptors (Lipinski definition) is 9. The molecule has 1 aliphatic heterocycles. The molecule has 0 radical (unpaired) electrons. The summed E-state index contributed by atoms with van der Waals surface area (Å²) in [7, 11) is 3.35. The van der Waals surface area contributed by atoms with Gasteiger partial charge in [-0.1, -0.05) is 35.3 Å². The summed E-state index contributed by atoms with van der Waals surface area (Å²) >= 11 is 12.5. The smallest absolute Gasteiger partial charge is 0.454 e. The summed E-state index contributed by atoms with van der Waals surface area (Å²) in [6, 6.07) is 14.1. The number of rotatable bonds is 12. The van der Waals surface area contributed by atoms with Gasteiger partial charge in [-0.15, -0.1) is 0 Å². The number of fused-ring (bicyclic) bond motifs is 1. The second-order valence-corrected chi connectivity index (χ2v) is 12.4. The van der Waals surface area contributed by atoms with Gasteiger partial charge in [-0.25, -0.2) is 15.0 Å². The van der Waals surface area contributed by atoms with E-state index in [1.165, 1.54) is 24.7 Å². The quantitative estimate of drug-likeness (QED) is 0.0683. The first-order valence-corrected chi connectivity index (χ1v) is 15.3. The van der Waals surface area contributed by atoms with Crippen molar-refractivity contribution in [1.82, 2.24) is 15.0 Å². The zero-order chi connectivity index (χ0) is 35.3. The summed E-state index contributed by atoms with van der Waals surface area (Å²) in [5.74, 6) is -0.202. The highest BCUT2D eigenvalue weighted by molar-refractivity contribution is 6.32. The first-order valence-electron chi connectivity index (χ1n) is 14.5. The lowest BCUT2D eigenvalue weighted by Gasteiger charge is -2.28. The second-order valence-electron chi connectivity index (χ2n) is 11.6. The van der Waals surface area contributed by atoms with Gasteiger partial charge in [0.25, 0.3) is 0 Å². The highest BCUT2D eigenvalue weighted by Crippen LogP contribution is 2.33. The van der Waals surface area contributed by atoms with Gasteiger partial charge >= 0.3 is 12.0 Å². The van der Waals surface area contributed by atoms with Crippen LogP contribution in [0, 0.1) is 10.1 Å². The SMILES string of the molecule is C[N+](C)(C/C=C/C(=O)Nc1cc2c(Nc3ccc(OCc4cccc(Cl)c4)c(Cl)c3)ncnc2cn1)CC1=C([N+](=O)[O-])N=C(C(F)(F)F)C1. The third kappa shape index (κ3) is 9.28. The Kier molecular flexibility index (Phi) is 10.5. The van der Waals surface area contributed by atoms with Crippen LogP contribution in [0.25, 0.3) is 10.9 Å². The monoisotopic (exact) mass is 715 g/mol. The lowest BCUT2D eigenvalue weighted by Crippen LogP contribution is -2.42. The molecule has 0 spiro atoms. The van der Waals surface area contributed by atoms with Crippen LogP contribution in [0.2, 0.25) is 10.0 Å². The zero-order valence-electron chi connectivity index (χ0n) is 26.0. The van der Waals surface area contributed by atoms with E-state index in [9.17, 15) is 28.1 Å². The molecule has 0 unspecified atom stereocenters. The molecule has 5 rings (SSSR count). The summed E-state index contributed by atoms with van der Waals surface area (Å²) < 4.78 is 45.2. The van der Waals surface area contributed by atoms with Crippen molar-refractivity contribution in [2.75, 3.05) is 37.8 Å². The van der Waals surface area contributed by atoms with Crippen molar-refractivity contribution >= 4 is 63.0 Å². The summed E-state index contributed by atoms with van der Waals surface area (Å²) in [5, 5.41) is 18.7. The van der Waals surface area contributed by atoms with Crippen molar-refractivity contribution in [1.29, 1.82) is 0 Å². The minimum Gasteiger partial charge on any atom is -0.487 e. The van der Waals surface area contributed by atoms with E-state index < -0.39 is 35.0 Å².